The maximum Gasteiger partial charge on any atom is 0.0542 e. The van der Waals surface area contributed by atoms with Crippen LogP contribution in [-0.2, 0) is 25.7 Å². The molecule has 0 unspecified atom stereocenters. The van der Waals surface area contributed by atoms with Gasteiger partial charge in [0.2, 0.25) is 0 Å². The van der Waals surface area contributed by atoms with E-state index in [1.807, 2.05) is 56.7 Å². The van der Waals surface area contributed by atoms with Crippen LogP contribution >= 0.6 is 56.7 Å². The van der Waals surface area contributed by atoms with Crippen molar-refractivity contribution >= 4 is 56.7 Å². The van der Waals surface area contributed by atoms with Crippen LogP contribution in [0.4, 0.5) is 0 Å². The van der Waals surface area contributed by atoms with E-state index in [1.165, 1.54) is 137 Å². The standard InChI is InChI=1S/C36H44S5/c1-5-9-13-25-17-21-29(37-25)33-34(30-22-18-26(38-30)14-10-6-2)36(32-24-20-28(40-32)16-12-8-4)41-35(33)31-23-19-27(39-31)15-11-7-3/h17-24H,5-16H2,1-4H3. The lowest BCUT2D eigenvalue weighted by Gasteiger charge is -2.06. The monoisotopic (exact) mass is 636 g/mol. The van der Waals surface area contributed by atoms with Crippen LogP contribution < -0.4 is 0 Å². The minimum Gasteiger partial charge on any atom is -0.140 e. The molecule has 0 fully saturated rings. The normalized spacial score (nSPS) is 11.6. The molecule has 5 aromatic heterocycles. The molecule has 0 nitrogen and oxygen atoms in total. The van der Waals surface area contributed by atoms with E-state index in [1.54, 1.807) is 0 Å². The van der Waals surface area contributed by atoms with E-state index in [0.717, 1.165) is 0 Å². The predicted octanol–water partition coefficient (Wildman–Crippen LogP) is 14.0. The molecule has 0 amide bonds. The van der Waals surface area contributed by atoms with Crippen molar-refractivity contribution in [2.75, 3.05) is 0 Å². The second-order valence-corrected chi connectivity index (χ2v) is 16.7. The van der Waals surface area contributed by atoms with E-state index in [0.29, 0.717) is 0 Å². The Morgan fingerprint density at radius 1 is 0.366 bits per heavy atom. The highest BCUT2D eigenvalue weighted by Gasteiger charge is 2.26. The molecule has 218 valence electrons. The zero-order valence-electron chi connectivity index (χ0n) is 25.1. The van der Waals surface area contributed by atoms with Crippen molar-refractivity contribution in [2.45, 2.75) is 105 Å². The quantitative estimate of drug-likeness (QED) is 0.101. The largest absolute Gasteiger partial charge is 0.140 e. The number of unbranched alkanes of at least 4 members (excludes halogenated alkanes) is 4. The summed E-state index contributed by atoms with van der Waals surface area (Å²) in [5.41, 5.74) is 2.96. The third kappa shape index (κ3) is 7.54. The van der Waals surface area contributed by atoms with Crippen molar-refractivity contribution in [3.8, 4) is 40.4 Å². The van der Waals surface area contributed by atoms with Gasteiger partial charge in [-0.25, -0.2) is 0 Å². The molecule has 0 aliphatic heterocycles. The summed E-state index contributed by atoms with van der Waals surface area (Å²) < 4.78 is 0. The number of hydrogen-bond donors (Lipinski definition) is 0. The Labute approximate surface area is 268 Å². The lowest BCUT2D eigenvalue weighted by Crippen LogP contribution is -1.80. The molecule has 0 aliphatic rings. The van der Waals surface area contributed by atoms with E-state index >= 15 is 0 Å². The van der Waals surface area contributed by atoms with Gasteiger partial charge in [0.1, 0.15) is 0 Å². The molecule has 0 bridgehead atoms. The summed E-state index contributed by atoms with van der Waals surface area (Å²) in [4.78, 5) is 14.8. The van der Waals surface area contributed by atoms with Crippen molar-refractivity contribution in [1.82, 2.24) is 0 Å². The predicted molar refractivity (Wildman–Crippen MR) is 192 cm³/mol. The minimum absolute atomic E-state index is 1.19. The fourth-order valence-electron chi connectivity index (χ4n) is 5.21. The van der Waals surface area contributed by atoms with Crippen LogP contribution in [0.25, 0.3) is 40.4 Å². The summed E-state index contributed by atoms with van der Waals surface area (Å²) in [5, 5.41) is 0. The van der Waals surface area contributed by atoms with Gasteiger partial charge in [0.25, 0.3) is 0 Å². The number of thiophene rings is 5. The van der Waals surface area contributed by atoms with Crippen molar-refractivity contribution < 1.29 is 0 Å². The first kappa shape index (κ1) is 30.9. The highest BCUT2D eigenvalue weighted by molar-refractivity contribution is 7.28. The lowest BCUT2D eigenvalue weighted by molar-refractivity contribution is 0.804. The second kappa shape index (κ2) is 15.3. The molecule has 0 radical (unpaired) electrons. The molecule has 5 heteroatoms. The van der Waals surface area contributed by atoms with E-state index < -0.39 is 0 Å². The van der Waals surface area contributed by atoms with Crippen molar-refractivity contribution in [3.63, 3.8) is 0 Å². The first-order chi connectivity index (χ1) is 20.1. The van der Waals surface area contributed by atoms with Crippen LogP contribution in [0.2, 0.25) is 0 Å². The molecule has 0 saturated carbocycles. The van der Waals surface area contributed by atoms with Crippen molar-refractivity contribution in [2.24, 2.45) is 0 Å². The lowest BCUT2D eigenvalue weighted by atomic mass is 10.0. The molecular formula is C36H44S5. The average Bonchev–Trinajstić information content (AvgIpc) is 3.81. The molecule has 5 rings (SSSR count). The van der Waals surface area contributed by atoms with Crippen LogP contribution in [0.15, 0.2) is 48.5 Å². The summed E-state index contributed by atoms with van der Waals surface area (Å²) in [6.07, 6.45) is 14.8. The summed E-state index contributed by atoms with van der Waals surface area (Å²) in [6.45, 7) is 9.18. The maximum atomic E-state index is 2.42. The Hall–Kier alpha value is -1.50. The van der Waals surface area contributed by atoms with Gasteiger partial charge in [0.15, 0.2) is 0 Å². The van der Waals surface area contributed by atoms with Gasteiger partial charge in [-0.2, -0.15) is 0 Å². The van der Waals surface area contributed by atoms with Crippen molar-refractivity contribution in [1.29, 1.82) is 0 Å². The fourth-order valence-corrected chi connectivity index (χ4v) is 11.2. The summed E-state index contributed by atoms with van der Waals surface area (Å²) in [6, 6.07) is 19.2. The smallest absolute Gasteiger partial charge is 0.0542 e. The van der Waals surface area contributed by atoms with Crippen LogP contribution in [0.3, 0.4) is 0 Å². The molecule has 0 saturated heterocycles. The van der Waals surface area contributed by atoms with Crippen LogP contribution in [0.5, 0.6) is 0 Å². The van der Waals surface area contributed by atoms with Crippen LogP contribution in [0, 0.1) is 0 Å². The SMILES string of the molecule is CCCCc1ccc(-c2sc(-c3ccc(CCCC)s3)c(-c3ccc(CCCC)s3)c2-c2ccc(CCCC)s2)s1. The number of aryl methyl sites for hydroxylation is 4. The van der Waals surface area contributed by atoms with E-state index in [2.05, 4.69) is 76.2 Å². The summed E-state index contributed by atoms with van der Waals surface area (Å²) >= 11 is 10.1. The van der Waals surface area contributed by atoms with Gasteiger partial charge in [-0.15, -0.1) is 56.7 Å². The third-order valence-electron chi connectivity index (χ3n) is 7.60. The molecule has 5 heterocycles. The molecule has 0 aliphatic carbocycles. The van der Waals surface area contributed by atoms with E-state index in [9.17, 15) is 0 Å². The van der Waals surface area contributed by atoms with Crippen LogP contribution in [0.1, 0.15) is 98.6 Å². The Balaban J connectivity index is 1.69. The summed E-state index contributed by atoms with van der Waals surface area (Å²) in [7, 11) is 0. The van der Waals surface area contributed by atoms with Gasteiger partial charge >= 0.3 is 0 Å². The highest BCUT2D eigenvalue weighted by Crippen LogP contribution is 2.56. The Morgan fingerprint density at radius 2 is 0.659 bits per heavy atom. The first-order valence-corrected chi connectivity index (χ1v) is 19.8. The molecule has 0 N–H and O–H groups in total. The van der Waals surface area contributed by atoms with Gasteiger partial charge in [0.05, 0.1) is 9.75 Å². The third-order valence-corrected chi connectivity index (χ3v) is 13.8. The highest BCUT2D eigenvalue weighted by atomic mass is 32.1. The van der Waals surface area contributed by atoms with Gasteiger partial charge in [-0.1, -0.05) is 53.4 Å². The topological polar surface area (TPSA) is 0 Å². The Bertz CT molecular complexity index is 1390. The summed E-state index contributed by atoms with van der Waals surface area (Å²) in [5.74, 6) is 0. The van der Waals surface area contributed by atoms with Crippen molar-refractivity contribution in [3.05, 3.63) is 68.0 Å². The van der Waals surface area contributed by atoms with Gasteiger partial charge in [-0.05, 0) is 99.9 Å². The molecule has 0 spiro atoms. The number of hydrogen-bond acceptors (Lipinski definition) is 5. The Kier molecular flexibility index (Phi) is 11.5. The first-order valence-electron chi connectivity index (χ1n) is 15.7. The number of rotatable bonds is 16. The average molecular weight is 637 g/mol. The van der Waals surface area contributed by atoms with Gasteiger partial charge < -0.3 is 0 Å². The zero-order valence-corrected chi connectivity index (χ0v) is 29.2. The molecule has 0 atom stereocenters. The molecule has 41 heavy (non-hydrogen) atoms. The second-order valence-electron chi connectivity index (χ2n) is 11.0. The minimum atomic E-state index is 1.19. The van der Waals surface area contributed by atoms with E-state index in [-0.39, 0.29) is 0 Å². The molecule has 5 aromatic rings. The maximum absolute atomic E-state index is 2.42. The molecular weight excluding hydrogens is 593 g/mol. The fraction of sp³-hybridized carbons (Fsp3) is 0.444. The van der Waals surface area contributed by atoms with Gasteiger partial charge in [0, 0.05) is 50.1 Å². The molecule has 0 aromatic carbocycles. The van der Waals surface area contributed by atoms with Crippen LogP contribution in [-0.4, -0.2) is 0 Å². The van der Waals surface area contributed by atoms with E-state index in [4.69, 9.17) is 0 Å². The Morgan fingerprint density at radius 3 is 0.976 bits per heavy atom. The zero-order chi connectivity index (χ0) is 28.6. The van der Waals surface area contributed by atoms with Gasteiger partial charge in [-0.3, -0.25) is 0 Å².